The SMILES string of the molecule is NC(Cc1cnc[nH]1)c1nc2cc(Br)ccc2o1. The number of aromatic nitrogens is 3. The van der Waals surface area contributed by atoms with Gasteiger partial charge in [0.2, 0.25) is 5.89 Å². The first-order chi connectivity index (χ1) is 8.72. The zero-order valence-electron chi connectivity index (χ0n) is 9.43. The zero-order chi connectivity index (χ0) is 12.5. The third kappa shape index (κ3) is 2.16. The van der Waals surface area contributed by atoms with Crippen LogP contribution < -0.4 is 5.73 Å². The van der Waals surface area contributed by atoms with E-state index >= 15 is 0 Å². The second-order valence-electron chi connectivity index (χ2n) is 4.05. The first-order valence-electron chi connectivity index (χ1n) is 5.51. The molecule has 0 aliphatic carbocycles. The fourth-order valence-corrected chi connectivity index (χ4v) is 2.15. The van der Waals surface area contributed by atoms with Gasteiger partial charge >= 0.3 is 0 Å². The van der Waals surface area contributed by atoms with Gasteiger partial charge in [0.1, 0.15) is 5.52 Å². The fourth-order valence-electron chi connectivity index (χ4n) is 1.80. The lowest BCUT2D eigenvalue weighted by Gasteiger charge is -2.04. The Morgan fingerprint density at radius 1 is 1.44 bits per heavy atom. The Labute approximate surface area is 112 Å². The molecule has 92 valence electrons. The summed E-state index contributed by atoms with van der Waals surface area (Å²) in [5.74, 6) is 0.540. The third-order valence-electron chi connectivity index (χ3n) is 2.68. The molecule has 0 saturated heterocycles. The molecule has 5 nitrogen and oxygen atoms in total. The average molecular weight is 307 g/mol. The molecule has 1 aromatic carbocycles. The average Bonchev–Trinajstić information content (AvgIpc) is 2.96. The van der Waals surface area contributed by atoms with Crippen LogP contribution in [0.25, 0.3) is 11.1 Å². The van der Waals surface area contributed by atoms with E-state index < -0.39 is 0 Å². The van der Waals surface area contributed by atoms with E-state index in [4.69, 9.17) is 10.2 Å². The van der Waals surface area contributed by atoms with E-state index in [-0.39, 0.29) is 6.04 Å². The first kappa shape index (κ1) is 11.4. The maximum absolute atomic E-state index is 6.07. The van der Waals surface area contributed by atoms with Crippen LogP contribution >= 0.6 is 15.9 Å². The van der Waals surface area contributed by atoms with Gasteiger partial charge < -0.3 is 15.1 Å². The molecule has 0 radical (unpaired) electrons. The highest BCUT2D eigenvalue weighted by Crippen LogP contribution is 2.23. The lowest BCUT2D eigenvalue weighted by atomic mass is 10.2. The molecular formula is C12H11BrN4O. The van der Waals surface area contributed by atoms with Gasteiger partial charge in [-0.05, 0) is 18.2 Å². The quantitative estimate of drug-likeness (QED) is 0.779. The molecule has 2 aromatic heterocycles. The molecule has 0 amide bonds. The smallest absolute Gasteiger partial charge is 0.212 e. The number of halogens is 1. The van der Waals surface area contributed by atoms with Crippen molar-refractivity contribution in [2.75, 3.05) is 0 Å². The number of hydrogen-bond acceptors (Lipinski definition) is 4. The predicted molar refractivity (Wildman–Crippen MR) is 70.9 cm³/mol. The molecule has 0 spiro atoms. The van der Waals surface area contributed by atoms with Crippen molar-refractivity contribution in [3.8, 4) is 0 Å². The Morgan fingerprint density at radius 3 is 3.11 bits per heavy atom. The van der Waals surface area contributed by atoms with E-state index in [1.165, 1.54) is 0 Å². The summed E-state index contributed by atoms with van der Waals surface area (Å²) in [6.07, 6.45) is 4.00. The summed E-state index contributed by atoms with van der Waals surface area (Å²) in [5, 5.41) is 0. The molecule has 1 unspecified atom stereocenters. The number of imidazole rings is 1. The van der Waals surface area contributed by atoms with Gasteiger partial charge in [-0.2, -0.15) is 0 Å². The highest BCUT2D eigenvalue weighted by atomic mass is 79.9. The van der Waals surface area contributed by atoms with Crippen LogP contribution in [-0.4, -0.2) is 15.0 Å². The first-order valence-corrected chi connectivity index (χ1v) is 6.30. The van der Waals surface area contributed by atoms with E-state index in [9.17, 15) is 0 Å². The maximum atomic E-state index is 6.07. The minimum Gasteiger partial charge on any atom is -0.439 e. The van der Waals surface area contributed by atoms with Crippen LogP contribution in [0.5, 0.6) is 0 Å². The Kier molecular flexibility index (Phi) is 2.89. The van der Waals surface area contributed by atoms with E-state index in [0.29, 0.717) is 12.3 Å². The maximum Gasteiger partial charge on any atom is 0.212 e. The van der Waals surface area contributed by atoms with Crippen LogP contribution in [0.15, 0.2) is 39.6 Å². The van der Waals surface area contributed by atoms with Gasteiger partial charge in [0.15, 0.2) is 5.58 Å². The zero-order valence-corrected chi connectivity index (χ0v) is 11.0. The number of hydrogen-bond donors (Lipinski definition) is 2. The molecule has 1 atom stereocenters. The van der Waals surface area contributed by atoms with Gasteiger partial charge in [-0.25, -0.2) is 9.97 Å². The summed E-state index contributed by atoms with van der Waals surface area (Å²) in [6, 6.07) is 5.42. The van der Waals surface area contributed by atoms with E-state index in [1.54, 1.807) is 12.5 Å². The van der Waals surface area contributed by atoms with Crippen LogP contribution in [0.1, 0.15) is 17.6 Å². The number of H-pyrrole nitrogens is 1. The van der Waals surface area contributed by atoms with Crippen LogP contribution in [0, 0.1) is 0 Å². The molecule has 0 aliphatic rings. The van der Waals surface area contributed by atoms with Crippen molar-refractivity contribution >= 4 is 27.0 Å². The lowest BCUT2D eigenvalue weighted by Crippen LogP contribution is -2.13. The van der Waals surface area contributed by atoms with Crippen molar-refractivity contribution in [1.82, 2.24) is 15.0 Å². The highest BCUT2D eigenvalue weighted by Gasteiger charge is 2.15. The van der Waals surface area contributed by atoms with Crippen LogP contribution in [0.2, 0.25) is 0 Å². The molecule has 0 fully saturated rings. The molecule has 0 aliphatic heterocycles. The molecule has 6 heteroatoms. The largest absolute Gasteiger partial charge is 0.439 e. The minimum atomic E-state index is -0.281. The highest BCUT2D eigenvalue weighted by molar-refractivity contribution is 9.10. The van der Waals surface area contributed by atoms with Gasteiger partial charge in [-0.15, -0.1) is 0 Å². The van der Waals surface area contributed by atoms with Crippen molar-refractivity contribution in [3.05, 3.63) is 46.8 Å². The Balaban J connectivity index is 1.89. The Morgan fingerprint density at radius 2 is 2.33 bits per heavy atom. The Bertz CT molecular complexity index is 662. The molecule has 3 N–H and O–H groups in total. The van der Waals surface area contributed by atoms with Gasteiger partial charge in [-0.3, -0.25) is 0 Å². The van der Waals surface area contributed by atoms with Gasteiger partial charge in [-0.1, -0.05) is 15.9 Å². The second-order valence-corrected chi connectivity index (χ2v) is 4.97. The minimum absolute atomic E-state index is 0.281. The fraction of sp³-hybridized carbons (Fsp3) is 0.167. The summed E-state index contributed by atoms with van der Waals surface area (Å²) < 4.78 is 6.61. The normalized spacial score (nSPS) is 13.0. The van der Waals surface area contributed by atoms with Crippen molar-refractivity contribution in [2.24, 2.45) is 5.73 Å². The predicted octanol–water partition coefficient (Wildman–Crippen LogP) is 2.56. The molecule has 3 rings (SSSR count). The number of nitrogens with one attached hydrogen (secondary N) is 1. The number of aromatic amines is 1. The molecule has 2 heterocycles. The lowest BCUT2D eigenvalue weighted by molar-refractivity contribution is 0.472. The van der Waals surface area contributed by atoms with Crippen LogP contribution in [-0.2, 0) is 6.42 Å². The number of oxazole rings is 1. The summed E-state index contributed by atoms with van der Waals surface area (Å²) in [7, 11) is 0. The third-order valence-corrected chi connectivity index (χ3v) is 3.17. The Hall–Kier alpha value is -1.66. The van der Waals surface area contributed by atoms with E-state index in [1.807, 2.05) is 18.2 Å². The van der Waals surface area contributed by atoms with Crippen LogP contribution in [0.4, 0.5) is 0 Å². The monoisotopic (exact) mass is 306 g/mol. The second kappa shape index (κ2) is 4.55. The summed E-state index contributed by atoms with van der Waals surface area (Å²) >= 11 is 3.40. The topological polar surface area (TPSA) is 80.7 Å². The van der Waals surface area contributed by atoms with Crippen LogP contribution in [0.3, 0.4) is 0 Å². The summed E-state index contributed by atoms with van der Waals surface area (Å²) in [4.78, 5) is 11.4. The van der Waals surface area contributed by atoms with Crippen molar-refractivity contribution in [2.45, 2.75) is 12.5 Å². The number of fused-ring (bicyclic) bond motifs is 1. The van der Waals surface area contributed by atoms with Gasteiger partial charge in [0.05, 0.1) is 12.4 Å². The molecule has 0 saturated carbocycles. The van der Waals surface area contributed by atoms with E-state index in [2.05, 4.69) is 30.9 Å². The number of benzene rings is 1. The molecule has 3 aromatic rings. The molecule has 0 bridgehead atoms. The summed E-state index contributed by atoms with van der Waals surface area (Å²) in [6.45, 7) is 0. The van der Waals surface area contributed by atoms with E-state index in [0.717, 1.165) is 21.3 Å². The number of nitrogens with two attached hydrogens (primary N) is 1. The standard InChI is InChI=1S/C12H11BrN4O/c13-7-1-2-11-10(3-7)17-12(18-11)9(14)4-8-5-15-6-16-8/h1-3,5-6,9H,4,14H2,(H,15,16). The number of rotatable bonds is 3. The molecule has 18 heavy (non-hydrogen) atoms. The van der Waals surface area contributed by atoms with Gasteiger partial charge in [0.25, 0.3) is 0 Å². The van der Waals surface area contributed by atoms with Crippen molar-refractivity contribution in [3.63, 3.8) is 0 Å². The van der Waals surface area contributed by atoms with Gasteiger partial charge in [0, 0.05) is 22.8 Å². The number of nitrogens with zero attached hydrogens (tertiary/aromatic N) is 2. The summed E-state index contributed by atoms with van der Waals surface area (Å²) in [5.41, 5.74) is 8.58. The molecular weight excluding hydrogens is 296 g/mol. The van der Waals surface area contributed by atoms with Crippen molar-refractivity contribution in [1.29, 1.82) is 0 Å². The van der Waals surface area contributed by atoms with Crippen molar-refractivity contribution < 1.29 is 4.42 Å².